The second-order valence-corrected chi connectivity index (χ2v) is 10.2. The summed E-state index contributed by atoms with van der Waals surface area (Å²) < 4.78 is 25.5. The van der Waals surface area contributed by atoms with E-state index in [9.17, 15) is 22.8 Å². The van der Waals surface area contributed by atoms with E-state index in [2.05, 4.69) is 10.6 Å². The molecule has 0 aliphatic rings. The summed E-state index contributed by atoms with van der Waals surface area (Å²) in [6, 6.07) is 6.37. The van der Waals surface area contributed by atoms with E-state index in [0.29, 0.717) is 0 Å². The van der Waals surface area contributed by atoms with Crippen LogP contribution in [0.1, 0.15) is 45.6 Å². The summed E-state index contributed by atoms with van der Waals surface area (Å²) >= 11 is 0. The van der Waals surface area contributed by atoms with Gasteiger partial charge in [-0.2, -0.15) is 0 Å². The molecule has 0 heterocycles. The Balaban J connectivity index is 2.90. The van der Waals surface area contributed by atoms with E-state index >= 15 is 0 Å². The minimum absolute atomic E-state index is 0.00853. The quantitative estimate of drug-likeness (QED) is 0.515. The number of sulfone groups is 1. The first-order valence-electron chi connectivity index (χ1n) is 9.46. The topological polar surface area (TPSA) is 135 Å². The van der Waals surface area contributed by atoms with E-state index < -0.39 is 38.9 Å². The summed E-state index contributed by atoms with van der Waals surface area (Å²) in [6.07, 6.45) is 0.0255. The zero-order chi connectivity index (χ0) is 22.2. The predicted molar refractivity (Wildman–Crippen MR) is 111 cm³/mol. The van der Waals surface area contributed by atoms with Gasteiger partial charge in [0.2, 0.25) is 17.7 Å². The van der Waals surface area contributed by atoms with Crippen molar-refractivity contribution < 1.29 is 22.8 Å². The highest BCUT2D eigenvalue weighted by atomic mass is 32.2. The van der Waals surface area contributed by atoms with Crippen LogP contribution in [-0.4, -0.2) is 44.0 Å². The summed E-state index contributed by atoms with van der Waals surface area (Å²) in [7, 11) is -3.73. The van der Waals surface area contributed by atoms with Crippen LogP contribution >= 0.6 is 0 Å². The Bertz CT molecular complexity index is 827. The largest absolute Gasteiger partial charge is 0.370 e. The maximum absolute atomic E-state index is 12.8. The van der Waals surface area contributed by atoms with Gasteiger partial charge in [-0.15, -0.1) is 0 Å². The van der Waals surface area contributed by atoms with Gasteiger partial charge in [0.15, 0.2) is 9.84 Å². The van der Waals surface area contributed by atoms with Gasteiger partial charge in [0.25, 0.3) is 0 Å². The van der Waals surface area contributed by atoms with Crippen molar-refractivity contribution in [3.63, 3.8) is 0 Å². The van der Waals surface area contributed by atoms with Crippen molar-refractivity contribution >= 4 is 27.6 Å². The van der Waals surface area contributed by atoms with Gasteiger partial charge >= 0.3 is 0 Å². The third-order valence-electron chi connectivity index (χ3n) is 4.08. The Hall–Kier alpha value is -2.42. The van der Waals surface area contributed by atoms with Crippen molar-refractivity contribution in [3.8, 4) is 0 Å². The normalized spacial score (nSPS) is 12.8. The Kier molecular flexibility index (Phi) is 8.81. The van der Waals surface area contributed by atoms with Crippen molar-refractivity contribution in [2.75, 3.05) is 12.3 Å². The van der Waals surface area contributed by atoms with Gasteiger partial charge in [-0.25, -0.2) is 8.42 Å². The van der Waals surface area contributed by atoms with Gasteiger partial charge < -0.3 is 16.4 Å². The first kappa shape index (κ1) is 24.6. The van der Waals surface area contributed by atoms with Crippen LogP contribution in [0.25, 0.3) is 0 Å². The summed E-state index contributed by atoms with van der Waals surface area (Å²) in [5, 5.41) is 5.32. The molecule has 0 saturated carbocycles. The molecule has 29 heavy (non-hydrogen) atoms. The maximum atomic E-state index is 12.8. The highest BCUT2D eigenvalue weighted by Crippen LogP contribution is 2.19. The van der Waals surface area contributed by atoms with Gasteiger partial charge in [0, 0.05) is 24.9 Å². The van der Waals surface area contributed by atoms with Crippen molar-refractivity contribution in [3.05, 3.63) is 29.8 Å². The molecule has 162 valence electrons. The van der Waals surface area contributed by atoms with Crippen LogP contribution in [-0.2, 0) is 24.2 Å². The lowest BCUT2D eigenvalue weighted by Gasteiger charge is -2.22. The molecular weight excluding hydrogens is 394 g/mol. The van der Waals surface area contributed by atoms with E-state index in [1.54, 1.807) is 12.1 Å². The molecule has 4 N–H and O–H groups in total. The molecule has 0 saturated heterocycles. The van der Waals surface area contributed by atoms with Gasteiger partial charge in [-0.1, -0.05) is 17.7 Å². The van der Waals surface area contributed by atoms with Gasteiger partial charge in [-0.05, 0) is 46.2 Å². The zero-order valence-corrected chi connectivity index (χ0v) is 18.3. The average Bonchev–Trinajstić information content (AvgIpc) is 2.57. The number of nitrogens with two attached hydrogens (primary N) is 1. The number of carbonyl (C=O) groups is 3. The Morgan fingerprint density at radius 1 is 1.07 bits per heavy atom. The van der Waals surface area contributed by atoms with Crippen LogP contribution in [0, 0.1) is 12.8 Å². The first-order valence-corrected chi connectivity index (χ1v) is 11.1. The highest BCUT2D eigenvalue weighted by molar-refractivity contribution is 7.91. The molecule has 0 aromatic heterocycles. The molecular formula is C20H31N3O5S. The number of benzene rings is 1. The molecule has 1 atom stereocenters. The average molecular weight is 426 g/mol. The second kappa shape index (κ2) is 10.4. The SMILES string of the molecule is Cc1ccc(S(=O)(=O)C[C@@H](CCC(=O)NC(C)(C)C)C(=O)NCCC(N)=O)cc1. The molecule has 0 bridgehead atoms. The molecule has 0 aliphatic heterocycles. The summed E-state index contributed by atoms with van der Waals surface area (Å²) in [5.41, 5.74) is 5.56. The van der Waals surface area contributed by atoms with E-state index in [4.69, 9.17) is 5.73 Å². The lowest BCUT2D eigenvalue weighted by molar-refractivity contribution is -0.125. The van der Waals surface area contributed by atoms with Gasteiger partial charge in [0.05, 0.1) is 16.6 Å². The fourth-order valence-corrected chi connectivity index (χ4v) is 4.23. The monoisotopic (exact) mass is 425 g/mol. The molecule has 9 heteroatoms. The smallest absolute Gasteiger partial charge is 0.224 e. The number of hydrogen-bond acceptors (Lipinski definition) is 5. The Morgan fingerprint density at radius 2 is 1.66 bits per heavy atom. The fraction of sp³-hybridized carbons (Fsp3) is 0.550. The maximum Gasteiger partial charge on any atom is 0.224 e. The van der Waals surface area contributed by atoms with Gasteiger partial charge in [-0.3, -0.25) is 14.4 Å². The molecule has 0 spiro atoms. The molecule has 0 radical (unpaired) electrons. The molecule has 3 amide bonds. The number of hydrogen-bond donors (Lipinski definition) is 3. The number of carbonyl (C=O) groups excluding carboxylic acids is 3. The lowest BCUT2D eigenvalue weighted by atomic mass is 10.0. The molecule has 1 aromatic carbocycles. The molecule has 1 aromatic rings. The molecule has 8 nitrogen and oxygen atoms in total. The minimum atomic E-state index is -3.73. The summed E-state index contributed by atoms with van der Waals surface area (Å²) in [6.45, 7) is 7.37. The van der Waals surface area contributed by atoms with Gasteiger partial charge in [0.1, 0.15) is 0 Å². The third kappa shape index (κ3) is 9.56. The van der Waals surface area contributed by atoms with Crippen LogP contribution < -0.4 is 16.4 Å². The number of amides is 3. The van der Waals surface area contributed by atoms with Crippen LogP contribution in [0.15, 0.2) is 29.2 Å². The summed E-state index contributed by atoms with van der Waals surface area (Å²) in [5.74, 6) is -2.72. The number of primary amides is 1. The molecule has 0 fully saturated rings. The number of nitrogens with one attached hydrogen (secondary N) is 2. The van der Waals surface area contributed by atoms with Crippen molar-refractivity contribution in [2.24, 2.45) is 11.7 Å². The zero-order valence-electron chi connectivity index (χ0n) is 17.4. The Morgan fingerprint density at radius 3 is 2.17 bits per heavy atom. The number of rotatable bonds is 10. The fourth-order valence-electron chi connectivity index (χ4n) is 2.64. The van der Waals surface area contributed by atoms with Crippen LogP contribution in [0.3, 0.4) is 0 Å². The van der Waals surface area contributed by atoms with E-state index in [1.807, 2.05) is 27.7 Å². The molecule has 1 rings (SSSR count). The highest BCUT2D eigenvalue weighted by Gasteiger charge is 2.28. The molecule has 0 unspecified atom stereocenters. The van der Waals surface area contributed by atoms with E-state index in [0.717, 1.165) is 5.56 Å². The van der Waals surface area contributed by atoms with Crippen molar-refractivity contribution in [2.45, 2.75) is 57.4 Å². The predicted octanol–water partition coefficient (Wildman–Crippen LogP) is 1.07. The van der Waals surface area contributed by atoms with Crippen LogP contribution in [0.5, 0.6) is 0 Å². The second-order valence-electron chi connectivity index (χ2n) is 8.14. The lowest BCUT2D eigenvalue weighted by Crippen LogP contribution is -2.41. The van der Waals surface area contributed by atoms with E-state index in [-0.39, 0.29) is 36.6 Å². The molecule has 0 aliphatic carbocycles. The van der Waals surface area contributed by atoms with Crippen molar-refractivity contribution in [1.29, 1.82) is 0 Å². The first-order chi connectivity index (χ1) is 13.3. The van der Waals surface area contributed by atoms with E-state index in [1.165, 1.54) is 12.1 Å². The van der Waals surface area contributed by atoms with Crippen LogP contribution in [0.4, 0.5) is 0 Å². The van der Waals surface area contributed by atoms with Crippen LogP contribution in [0.2, 0.25) is 0 Å². The number of aryl methyl sites for hydroxylation is 1. The standard InChI is InChI=1S/C20H31N3O5S/c1-14-5-8-16(9-6-14)29(27,28)13-15(19(26)22-12-11-17(21)24)7-10-18(25)23-20(2,3)4/h5-6,8-9,15H,7,10-13H2,1-4H3,(H2,21,24)(H,22,26)(H,23,25)/t15-/m1/s1. The minimum Gasteiger partial charge on any atom is -0.370 e. The van der Waals surface area contributed by atoms with Crippen molar-refractivity contribution in [1.82, 2.24) is 10.6 Å². The third-order valence-corrected chi connectivity index (χ3v) is 5.91. The Labute approximate surface area is 172 Å². The summed E-state index contributed by atoms with van der Waals surface area (Å²) in [4.78, 5) is 35.6.